The average molecular weight is 804 g/mol. The van der Waals surface area contributed by atoms with E-state index >= 15 is 0 Å². The highest BCUT2D eigenvalue weighted by Gasteiger charge is 2.48. The molecule has 298 valence electrons. The quantitative estimate of drug-likeness (QED) is 0.155. The van der Waals surface area contributed by atoms with Crippen LogP contribution < -0.4 is 4.90 Å². The molecule has 0 radical (unpaired) electrons. The fourth-order valence-electron chi connectivity index (χ4n) is 11.2. The van der Waals surface area contributed by atoms with E-state index in [0.717, 1.165) is 11.4 Å². The van der Waals surface area contributed by atoms with Gasteiger partial charge in [-0.3, -0.25) is 0 Å². The molecule has 1 heteroatoms. The number of anilines is 3. The lowest BCUT2D eigenvalue weighted by atomic mass is 9.68. The molecule has 0 bridgehead atoms. The molecule has 0 spiro atoms. The summed E-state index contributed by atoms with van der Waals surface area (Å²) in [6, 6.07) is 87.8. The van der Waals surface area contributed by atoms with E-state index in [4.69, 9.17) is 0 Å². The van der Waals surface area contributed by atoms with Crippen molar-refractivity contribution in [2.45, 2.75) is 24.7 Å². The Kier molecular flexibility index (Phi) is 8.49. The second-order valence-electron chi connectivity index (χ2n) is 17.6. The molecule has 1 nitrogen and oxygen atoms in total. The standard InChI is InChI=1S/C62H45N/c1-61(2)53-35-16-14-33-51(53)59-57(41-46-23-12-13-32-50(46)60(59)61)63(49-31-19-26-45(40-49)44-25-18-24-43(39-44)42-21-6-3-7-22-42)56-38-20-37-55-58(56)52-34-15-17-36-54(52)62(55,47-27-8-4-9-28-47)48-29-10-5-11-30-48/h3-41H,1-2H3. The predicted molar refractivity (Wildman–Crippen MR) is 264 cm³/mol. The molecule has 63 heavy (non-hydrogen) atoms. The lowest BCUT2D eigenvalue weighted by Gasteiger charge is -2.35. The van der Waals surface area contributed by atoms with Crippen LogP contribution in [0.5, 0.6) is 0 Å². The first kappa shape index (κ1) is 37.1. The third-order valence-electron chi connectivity index (χ3n) is 13.9. The van der Waals surface area contributed by atoms with Crippen molar-refractivity contribution in [1.82, 2.24) is 0 Å². The number of hydrogen-bond acceptors (Lipinski definition) is 1. The van der Waals surface area contributed by atoms with Gasteiger partial charge in [0.25, 0.3) is 0 Å². The second kappa shape index (κ2) is 14.4. The van der Waals surface area contributed by atoms with Gasteiger partial charge in [-0.05, 0) is 108 Å². The van der Waals surface area contributed by atoms with Crippen LogP contribution >= 0.6 is 0 Å². The molecule has 0 atom stereocenters. The molecule has 0 fully saturated rings. The Morgan fingerprint density at radius 2 is 0.857 bits per heavy atom. The van der Waals surface area contributed by atoms with Gasteiger partial charge in [0.15, 0.2) is 0 Å². The van der Waals surface area contributed by atoms with E-state index in [0.29, 0.717) is 0 Å². The molecule has 2 aliphatic rings. The Balaban J connectivity index is 1.19. The molecule has 0 saturated heterocycles. The molecule has 10 aromatic carbocycles. The molecular weight excluding hydrogens is 759 g/mol. The number of hydrogen-bond donors (Lipinski definition) is 0. The summed E-state index contributed by atoms with van der Waals surface area (Å²) in [5, 5.41) is 2.54. The van der Waals surface area contributed by atoms with Gasteiger partial charge < -0.3 is 4.90 Å². The minimum atomic E-state index is -0.532. The van der Waals surface area contributed by atoms with Crippen LogP contribution in [0.25, 0.3) is 55.3 Å². The van der Waals surface area contributed by atoms with Crippen molar-refractivity contribution in [3.63, 3.8) is 0 Å². The van der Waals surface area contributed by atoms with Crippen molar-refractivity contribution >= 4 is 27.8 Å². The Bertz CT molecular complexity index is 3320. The van der Waals surface area contributed by atoms with Gasteiger partial charge in [-0.1, -0.05) is 220 Å². The van der Waals surface area contributed by atoms with E-state index in [1.807, 2.05) is 0 Å². The number of nitrogens with zero attached hydrogens (tertiary/aromatic N) is 1. The third-order valence-corrected chi connectivity index (χ3v) is 13.9. The van der Waals surface area contributed by atoms with E-state index in [1.165, 1.54) is 94.3 Å². The van der Waals surface area contributed by atoms with Crippen LogP contribution in [0.2, 0.25) is 0 Å². The summed E-state index contributed by atoms with van der Waals surface area (Å²) in [7, 11) is 0. The molecular formula is C62H45N. The van der Waals surface area contributed by atoms with Crippen molar-refractivity contribution < 1.29 is 0 Å². The largest absolute Gasteiger partial charge is 0.309 e. The topological polar surface area (TPSA) is 3.24 Å². The van der Waals surface area contributed by atoms with Crippen molar-refractivity contribution in [2.75, 3.05) is 4.90 Å². The van der Waals surface area contributed by atoms with Crippen molar-refractivity contribution in [3.05, 3.63) is 270 Å². The van der Waals surface area contributed by atoms with Crippen LogP contribution in [0.15, 0.2) is 237 Å². The minimum absolute atomic E-state index is 0.214. The minimum Gasteiger partial charge on any atom is -0.309 e. The van der Waals surface area contributed by atoms with Crippen LogP contribution in [0.3, 0.4) is 0 Å². The number of fused-ring (bicyclic) bond motifs is 8. The van der Waals surface area contributed by atoms with E-state index in [1.54, 1.807) is 0 Å². The lowest BCUT2D eigenvalue weighted by molar-refractivity contribution is 0.666. The molecule has 0 heterocycles. The Labute approximate surface area is 370 Å². The van der Waals surface area contributed by atoms with E-state index in [-0.39, 0.29) is 5.41 Å². The van der Waals surface area contributed by atoms with Crippen LogP contribution in [0.4, 0.5) is 17.1 Å². The highest BCUT2D eigenvalue weighted by Crippen LogP contribution is 2.62. The van der Waals surface area contributed by atoms with Gasteiger partial charge >= 0.3 is 0 Å². The molecule has 0 unspecified atom stereocenters. The van der Waals surface area contributed by atoms with Gasteiger partial charge in [-0.15, -0.1) is 0 Å². The van der Waals surface area contributed by atoms with E-state index < -0.39 is 5.41 Å². The molecule has 0 N–H and O–H groups in total. The highest BCUT2D eigenvalue weighted by atomic mass is 15.1. The maximum absolute atomic E-state index is 2.59. The van der Waals surface area contributed by atoms with Gasteiger partial charge in [0.2, 0.25) is 0 Å². The Hall–Kier alpha value is -7.74. The third kappa shape index (κ3) is 5.56. The fraction of sp³-hybridized carbons (Fsp3) is 0.0645. The van der Waals surface area contributed by atoms with Crippen LogP contribution in [0.1, 0.15) is 47.2 Å². The lowest BCUT2D eigenvalue weighted by Crippen LogP contribution is -2.28. The van der Waals surface area contributed by atoms with E-state index in [9.17, 15) is 0 Å². The maximum atomic E-state index is 2.59. The molecule has 10 aromatic rings. The number of benzene rings is 10. The molecule has 12 rings (SSSR count). The Morgan fingerprint density at radius 3 is 1.57 bits per heavy atom. The molecule has 0 amide bonds. The predicted octanol–water partition coefficient (Wildman–Crippen LogP) is 16.3. The summed E-state index contributed by atoms with van der Waals surface area (Å²) in [6.45, 7) is 4.81. The zero-order valence-corrected chi connectivity index (χ0v) is 35.5. The monoisotopic (exact) mass is 803 g/mol. The molecule has 0 aliphatic heterocycles. The smallest absolute Gasteiger partial charge is 0.0714 e. The van der Waals surface area contributed by atoms with Crippen LogP contribution in [-0.2, 0) is 10.8 Å². The van der Waals surface area contributed by atoms with Gasteiger partial charge in [-0.2, -0.15) is 0 Å². The van der Waals surface area contributed by atoms with Crippen LogP contribution in [-0.4, -0.2) is 0 Å². The first-order valence-corrected chi connectivity index (χ1v) is 22.1. The van der Waals surface area contributed by atoms with Crippen molar-refractivity contribution in [1.29, 1.82) is 0 Å². The molecule has 0 aromatic heterocycles. The molecule has 0 saturated carbocycles. The van der Waals surface area contributed by atoms with Gasteiger partial charge in [0, 0.05) is 22.2 Å². The Morgan fingerprint density at radius 1 is 0.349 bits per heavy atom. The average Bonchev–Trinajstić information content (AvgIpc) is 3.79. The summed E-state index contributed by atoms with van der Waals surface area (Å²) in [5.41, 5.74) is 20.4. The van der Waals surface area contributed by atoms with Crippen molar-refractivity contribution in [2.24, 2.45) is 0 Å². The normalized spacial score (nSPS) is 13.8. The SMILES string of the molecule is CC1(C)c2ccccc2-c2c(N(c3cccc(-c4cccc(-c5ccccc5)c4)c3)c3cccc4c3-c3ccccc3C4(c3ccccc3)c3ccccc3)cc3ccccc3c21. The number of rotatable bonds is 7. The van der Waals surface area contributed by atoms with Gasteiger partial charge in [-0.25, -0.2) is 0 Å². The zero-order chi connectivity index (χ0) is 42.1. The van der Waals surface area contributed by atoms with Crippen molar-refractivity contribution in [3.8, 4) is 44.5 Å². The maximum Gasteiger partial charge on any atom is 0.0714 e. The highest BCUT2D eigenvalue weighted by molar-refractivity contribution is 6.08. The fourth-order valence-corrected chi connectivity index (χ4v) is 11.2. The van der Waals surface area contributed by atoms with Gasteiger partial charge in [0.1, 0.15) is 0 Å². The summed E-state index contributed by atoms with van der Waals surface area (Å²) in [5.74, 6) is 0. The van der Waals surface area contributed by atoms with Gasteiger partial charge in [0.05, 0.1) is 16.8 Å². The summed E-state index contributed by atoms with van der Waals surface area (Å²) in [4.78, 5) is 2.59. The van der Waals surface area contributed by atoms with Crippen LogP contribution in [0, 0.1) is 0 Å². The first-order chi connectivity index (χ1) is 31.0. The van der Waals surface area contributed by atoms with E-state index in [2.05, 4.69) is 255 Å². The molecule has 2 aliphatic carbocycles. The second-order valence-corrected chi connectivity index (χ2v) is 17.6. The first-order valence-electron chi connectivity index (χ1n) is 22.1. The summed E-state index contributed by atoms with van der Waals surface area (Å²) in [6.07, 6.45) is 0. The zero-order valence-electron chi connectivity index (χ0n) is 35.5. The summed E-state index contributed by atoms with van der Waals surface area (Å²) < 4.78 is 0. The summed E-state index contributed by atoms with van der Waals surface area (Å²) >= 11 is 0.